The summed E-state index contributed by atoms with van der Waals surface area (Å²) in [6.07, 6.45) is -3.48. The van der Waals surface area contributed by atoms with Crippen molar-refractivity contribution < 1.29 is 23.1 Å². The molecule has 9 heteroatoms. The molecule has 0 radical (unpaired) electrons. The number of aromatic hydroxyl groups is 1. The molecule has 1 fully saturated rings. The molecule has 2 aromatic carbocycles. The van der Waals surface area contributed by atoms with Crippen LogP contribution in [0.5, 0.6) is 5.75 Å². The minimum Gasteiger partial charge on any atom is -0.508 e. The van der Waals surface area contributed by atoms with Crippen molar-refractivity contribution in [2.45, 2.75) is 38.4 Å². The van der Waals surface area contributed by atoms with Gasteiger partial charge in [-0.05, 0) is 74.8 Å². The van der Waals surface area contributed by atoms with Gasteiger partial charge in [-0.1, -0.05) is 12.1 Å². The molecule has 0 aromatic heterocycles. The number of benzene rings is 2. The zero-order valence-electron chi connectivity index (χ0n) is 16.9. The number of carbonyl (C=O) groups excluding carboxylic acids is 1. The van der Waals surface area contributed by atoms with E-state index in [1.54, 1.807) is 36.9 Å². The zero-order chi connectivity index (χ0) is 23.0. The van der Waals surface area contributed by atoms with Crippen LogP contribution in [-0.4, -0.2) is 33.1 Å². The minimum absolute atomic E-state index is 0.0233. The highest BCUT2D eigenvalue weighted by Crippen LogP contribution is 2.37. The summed E-state index contributed by atoms with van der Waals surface area (Å²) in [7, 11) is 0. The molecule has 1 aliphatic heterocycles. The number of hydrogen-bond acceptors (Lipinski definition) is 4. The quantitative estimate of drug-likeness (QED) is 0.677. The summed E-state index contributed by atoms with van der Waals surface area (Å²) in [5.74, 6) is -0.273. The van der Waals surface area contributed by atoms with Crippen LogP contribution in [0.4, 0.5) is 18.9 Å². The molecule has 1 heterocycles. The van der Waals surface area contributed by atoms with Gasteiger partial charge in [-0.2, -0.15) is 18.4 Å². The van der Waals surface area contributed by atoms with Gasteiger partial charge in [0.2, 0.25) is 0 Å². The summed E-state index contributed by atoms with van der Waals surface area (Å²) in [6.45, 7) is 3.75. The number of nitrogens with zero attached hydrogens (tertiary/aromatic N) is 3. The molecule has 0 unspecified atom stereocenters. The molecule has 1 saturated heterocycles. The Kier molecular flexibility index (Phi) is 5.96. The first-order valence-corrected chi connectivity index (χ1v) is 9.93. The molecule has 0 atom stereocenters. The summed E-state index contributed by atoms with van der Waals surface area (Å²) in [6, 6.07) is 11.5. The lowest BCUT2D eigenvalue weighted by molar-refractivity contribution is -0.137. The van der Waals surface area contributed by atoms with Crippen LogP contribution in [0, 0.1) is 11.3 Å². The number of carbonyl (C=O) groups is 1. The number of halogens is 3. The van der Waals surface area contributed by atoms with Crippen LogP contribution in [0.25, 0.3) is 0 Å². The molecule has 3 rings (SSSR count). The number of nitriles is 1. The lowest BCUT2D eigenvalue weighted by Gasteiger charge is -2.29. The maximum Gasteiger partial charge on any atom is 0.417 e. The Morgan fingerprint density at radius 2 is 1.90 bits per heavy atom. The molecular formula is C22H20F3N3O2S. The normalized spacial score (nSPS) is 16.0. The van der Waals surface area contributed by atoms with Crippen molar-refractivity contribution in [1.29, 1.82) is 5.26 Å². The van der Waals surface area contributed by atoms with Crippen LogP contribution in [0.15, 0.2) is 42.5 Å². The van der Waals surface area contributed by atoms with Crippen molar-refractivity contribution in [2.24, 2.45) is 0 Å². The van der Waals surface area contributed by atoms with E-state index in [-0.39, 0.29) is 16.5 Å². The Morgan fingerprint density at radius 1 is 1.19 bits per heavy atom. The summed E-state index contributed by atoms with van der Waals surface area (Å²) in [4.78, 5) is 15.8. The SMILES string of the molecule is CC1(C)C(=O)N(c2ccc(C#N)c(C(F)(F)F)c2)C(=S)N1CCCc1cccc(O)c1. The van der Waals surface area contributed by atoms with Gasteiger partial charge in [0.05, 0.1) is 22.9 Å². The lowest BCUT2D eigenvalue weighted by Crippen LogP contribution is -2.44. The van der Waals surface area contributed by atoms with Crippen molar-refractivity contribution in [1.82, 2.24) is 4.90 Å². The van der Waals surface area contributed by atoms with E-state index in [4.69, 9.17) is 17.5 Å². The van der Waals surface area contributed by atoms with Crippen LogP contribution in [0.1, 0.15) is 37.0 Å². The minimum atomic E-state index is -4.73. The average molecular weight is 447 g/mol. The van der Waals surface area contributed by atoms with Crippen LogP contribution in [0.2, 0.25) is 0 Å². The Balaban J connectivity index is 1.85. The van der Waals surface area contributed by atoms with E-state index < -0.39 is 28.7 Å². The summed E-state index contributed by atoms with van der Waals surface area (Å²) in [5.41, 5.74) is -1.76. The number of rotatable bonds is 5. The first kappa shape index (κ1) is 22.6. The summed E-state index contributed by atoms with van der Waals surface area (Å²) >= 11 is 5.46. The van der Waals surface area contributed by atoms with Gasteiger partial charge in [-0.3, -0.25) is 9.69 Å². The van der Waals surface area contributed by atoms with E-state index in [9.17, 15) is 23.1 Å². The fraction of sp³-hybridized carbons (Fsp3) is 0.318. The zero-order valence-corrected chi connectivity index (χ0v) is 17.7. The molecule has 0 aliphatic carbocycles. The third-order valence-electron chi connectivity index (χ3n) is 5.27. The van der Waals surface area contributed by atoms with E-state index in [1.165, 1.54) is 12.1 Å². The van der Waals surface area contributed by atoms with E-state index in [0.29, 0.717) is 19.4 Å². The van der Waals surface area contributed by atoms with Gasteiger partial charge in [0, 0.05) is 6.54 Å². The number of thiocarbonyl (C=S) groups is 1. The highest BCUT2D eigenvalue weighted by molar-refractivity contribution is 7.80. The van der Waals surface area contributed by atoms with Gasteiger partial charge in [0.1, 0.15) is 11.3 Å². The Hall–Kier alpha value is -3.12. The predicted molar refractivity (Wildman–Crippen MR) is 113 cm³/mol. The molecule has 0 bridgehead atoms. The first-order chi connectivity index (χ1) is 14.5. The standard InChI is InChI=1S/C22H20F3N3O2S/c1-21(2)19(30)28(16-9-8-15(13-26)18(12-16)22(23,24)25)20(31)27(21)10-4-6-14-5-3-7-17(29)11-14/h3,5,7-9,11-12,29H,4,6,10H2,1-2H3. The summed E-state index contributed by atoms with van der Waals surface area (Å²) < 4.78 is 40.1. The van der Waals surface area contributed by atoms with Crippen molar-refractivity contribution in [3.05, 3.63) is 59.2 Å². The van der Waals surface area contributed by atoms with Crippen molar-refractivity contribution in [2.75, 3.05) is 11.4 Å². The largest absolute Gasteiger partial charge is 0.508 e. The van der Waals surface area contributed by atoms with Gasteiger partial charge >= 0.3 is 6.18 Å². The Labute approximate surface area is 183 Å². The lowest BCUT2D eigenvalue weighted by atomic mass is 10.0. The van der Waals surface area contributed by atoms with E-state index in [1.807, 2.05) is 6.07 Å². The third-order valence-corrected chi connectivity index (χ3v) is 5.67. The maximum absolute atomic E-state index is 13.4. The van der Waals surface area contributed by atoms with Gasteiger partial charge in [0.25, 0.3) is 5.91 Å². The number of phenols is 1. The Bertz CT molecular complexity index is 1080. The van der Waals surface area contributed by atoms with Gasteiger partial charge in [-0.25, -0.2) is 0 Å². The highest BCUT2D eigenvalue weighted by atomic mass is 32.1. The molecule has 0 spiro atoms. The van der Waals surface area contributed by atoms with E-state index in [2.05, 4.69) is 0 Å². The topological polar surface area (TPSA) is 67.6 Å². The highest BCUT2D eigenvalue weighted by Gasteiger charge is 2.49. The molecule has 1 N–H and O–H groups in total. The maximum atomic E-state index is 13.4. The molecule has 2 aromatic rings. The Morgan fingerprint density at radius 3 is 2.52 bits per heavy atom. The van der Waals surface area contributed by atoms with Crippen LogP contribution in [0.3, 0.4) is 0 Å². The average Bonchev–Trinajstić information content (AvgIpc) is 2.86. The van der Waals surface area contributed by atoms with Crippen LogP contribution >= 0.6 is 12.2 Å². The number of aryl methyl sites for hydroxylation is 1. The smallest absolute Gasteiger partial charge is 0.417 e. The number of alkyl halides is 3. The first-order valence-electron chi connectivity index (χ1n) is 9.52. The second kappa shape index (κ2) is 8.19. The number of amides is 1. The molecule has 1 aliphatic rings. The molecule has 5 nitrogen and oxygen atoms in total. The third kappa shape index (κ3) is 4.35. The fourth-order valence-corrected chi connectivity index (χ4v) is 4.10. The molecule has 1 amide bonds. The second-order valence-corrected chi connectivity index (χ2v) is 8.11. The number of phenolic OH excluding ortho intramolecular Hbond substituents is 1. The van der Waals surface area contributed by atoms with E-state index in [0.717, 1.165) is 22.6 Å². The number of hydrogen-bond donors (Lipinski definition) is 1. The molecule has 0 saturated carbocycles. The van der Waals surface area contributed by atoms with E-state index >= 15 is 0 Å². The molecule has 31 heavy (non-hydrogen) atoms. The second-order valence-electron chi connectivity index (χ2n) is 7.75. The molecular weight excluding hydrogens is 427 g/mol. The monoisotopic (exact) mass is 447 g/mol. The predicted octanol–water partition coefficient (Wildman–Crippen LogP) is 4.63. The summed E-state index contributed by atoms with van der Waals surface area (Å²) in [5, 5.41) is 18.7. The van der Waals surface area contributed by atoms with Crippen LogP contribution < -0.4 is 4.90 Å². The van der Waals surface area contributed by atoms with Gasteiger partial charge in [-0.15, -0.1) is 0 Å². The molecule has 162 valence electrons. The van der Waals surface area contributed by atoms with Crippen molar-refractivity contribution >= 4 is 28.9 Å². The van der Waals surface area contributed by atoms with Crippen LogP contribution in [-0.2, 0) is 17.4 Å². The van der Waals surface area contributed by atoms with Gasteiger partial charge < -0.3 is 10.0 Å². The number of anilines is 1. The van der Waals surface area contributed by atoms with Crippen molar-refractivity contribution in [3.8, 4) is 11.8 Å². The van der Waals surface area contributed by atoms with Crippen molar-refractivity contribution in [3.63, 3.8) is 0 Å². The fourth-order valence-electron chi connectivity index (χ4n) is 3.60. The van der Waals surface area contributed by atoms with Gasteiger partial charge in [0.15, 0.2) is 5.11 Å².